The van der Waals surface area contributed by atoms with Crippen molar-refractivity contribution in [2.45, 2.75) is 19.8 Å². The third-order valence-electron chi connectivity index (χ3n) is 6.21. The van der Waals surface area contributed by atoms with E-state index in [1.54, 1.807) is 7.11 Å². The van der Waals surface area contributed by atoms with Crippen LogP contribution in [0.5, 0.6) is 5.75 Å². The van der Waals surface area contributed by atoms with Crippen molar-refractivity contribution < 1.29 is 9.53 Å². The lowest BCUT2D eigenvalue weighted by Gasteiger charge is -2.28. The quantitative estimate of drug-likeness (QED) is 0.218. The highest BCUT2D eigenvalue weighted by molar-refractivity contribution is 7.23. The number of thiazole rings is 1. The largest absolute Gasteiger partial charge is 0.494 e. The Labute approximate surface area is 228 Å². The first kappa shape index (κ1) is 27.9. The molecule has 4 rings (SSSR count). The molecule has 0 aliphatic carbocycles. The lowest BCUT2D eigenvalue weighted by atomic mass is 9.90. The fourth-order valence-corrected chi connectivity index (χ4v) is 5.51. The summed E-state index contributed by atoms with van der Waals surface area (Å²) in [6.07, 6.45) is 0. The molecule has 1 amide bonds. The summed E-state index contributed by atoms with van der Waals surface area (Å²) in [7, 11) is 1.62. The predicted molar refractivity (Wildman–Crippen MR) is 153 cm³/mol. The van der Waals surface area contributed by atoms with E-state index < -0.39 is 5.92 Å². The summed E-state index contributed by atoms with van der Waals surface area (Å²) in [6, 6.07) is 23.5. The molecule has 36 heavy (non-hydrogen) atoms. The monoisotopic (exact) mass is 543 g/mol. The number of hydrogen-bond donors (Lipinski definition) is 0. The van der Waals surface area contributed by atoms with Gasteiger partial charge in [0.15, 0.2) is 5.13 Å². The number of aromatic nitrogens is 1. The van der Waals surface area contributed by atoms with Gasteiger partial charge in [0.05, 0.1) is 22.8 Å². The highest BCUT2D eigenvalue weighted by Crippen LogP contribution is 2.40. The number of anilines is 1. The average molecular weight is 545 g/mol. The van der Waals surface area contributed by atoms with Gasteiger partial charge < -0.3 is 9.64 Å². The number of ether oxygens (including phenoxy) is 1. The lowest BCUT2D eigenvalue weighted by Crippen LogP contribution is -2.41. The van der Waals surface area contributed by atoms with E-state index in [1.807, 2.05) is 77.7 Å². The van der Waals surface area contributed by atoms with Crippen molar-refractivity contribution in [2.24, 2.45) is 0 Å². The Balaban J connectivity index is 0.00000361. The van der Waals surface area contributed by atoms with E-state index in [1.165, 1.54) is 11.3 Å². The first-order chi connectivity index (χ1) is 17.1. The van der Waals surface area contributed by atoms with E-state index in [0.29, 0.717) is 28.0 Å². The van der Waals surface area contributed by atoms with Gasteiger partial charge in [-0.05, 0) is 36.3 Å². The zero-order valence-electron chi connectivity index (χ0n) is 20.7. The number of fused-ring (bicyclic) bond motifs is 1. The Kier molecular flexibility index (Phi) is 10.1. The van der Waals surface area contributed by atoms with Crippen molar-refractivity contribution in [3.05, 3.63) is 88.9 Å². The first-order valence-corrected chi connectivity index (χ1v) is 13.0. The zero-order valence-corrected chi connectivity index (χ0v) is 23.1. The van der Waals surface area contributed by atoms with Gasteiger partial charge in [0.25, 0.3) is 0 Å². The Morgan fingerprint density at radius 1 is 0.944 bits per heavy atom. The Bertz CT molecular complexity index is 1220. The maximum absolute atomic E-state index is 14.4. The molecule has 0 unspecified atom stereocenters. The summed E-state index contributed by atoms with van der Waals surface area (Å²) in [5.74, 6) is 0.188. The number of halogens is 2. The molecule has 0 saturated carbocycles. The van der Waals surface area contributed by atoms with Gasteiger partial charge in [0, 0.05) is 13.1 Å². The third kappa shape index (κ3) is 6.01. The molecule has 8 heteroatoms. The van der Waals surface area contributed by atoms with Gasteiger partial charge in [0.2, 0.25) is 5.91 Å². The summed E-state index contributed by atoms with van der Waals surface area (Å²) < 4.78 is 6.35. The van der Waals surface area contributed by atoms with Crippen LogP contribution in [0.3, 0.4) is 0 Å². The van der Waals surface area contributed by atoms with E-state index in [0.717, 1.165) is 35.5 Å². The van der Waals surface area contributed by atoms with Crippen molar-refractivity contribution in [1.29, 1.82) is 0 Å². The van der Waals surface area contributed by atoms with Crippen LogP contribution in [-0.4, -0.2) is 49.1 Å². The molecule has 3 aromatic carbocycles. The zero-order chi connectivity index (χ0) is 24.8. The summed E-state index contributed by atoms with van der Waals surface area (Å²) >= 11 is 7.94. The van der Waals surface area contributed by atoms with Gasteiger partial charge >= 0.3 is 0 Å². The number of carbonyl (C=O) groups is 1. The minimum Gasteiger partial charge on any atom is -0.494 e. The molecule has 1 heterocycles. The van der Waals surface area contributed by atoms with Crippen LogP contribution in [0.2, 0.25) is 5.02 Å². The van der Waals surface area contributed by atoms with Gasteiger partial charge in [-0.1, -0.05) is 97.4 Å². The maximum Gasteiger partial charge on any atom is 0.240 e. The van der Waals surface area contributed by atoms with Crippen LogP contribution in [0.1, 0.15) is 30.9 Å². The molecule has 0 spiro atoms. The molecular formula is C28H31Cl2N3O2S. The van der Waals surface area contributed by atoms with Crippen molar-refractivity contribution in [3.8, 4) is 5.75 Å². The van der Waals surface area contributed by atoms with Gasteiger partial charge in [-0.3, -0.25) is 9.69 Å². The number of likely N-dealkylation sites (N-methyl/N-ethyl adjacent to an activating group) is 1. The molecule has 1 aromatic heterocycles. The second-order valence-electron chi connectivity index (χ2n) is 8.19. The number of benzene rings is 3. The SMILES string of the molecule is CCN(CC)CCN(C(=O)C(c1ccccc1)c1ccccc1)c1nc2c(OC)ccc(Cl)c2s1.Cl. The molecule has 0 saturated heterocycles. The van der Waals surface area contributed by atoms with Crippen LogP contribution in [0.25, 0.3) is 10.2 Å². The van der Waals surface area contributed by atoms with Crippen molar-refractivity contribution in [3.63, 3.8) is 0 Å². The van der Waals surface area contributed by atoms with Crippen LogP contribution in [0, 0.1) is 0 Å². The van der Waals surface area contributed by atoms with Gasteiger partial charge in [-0.15, -0.1) is 12.4 Å². The maximum atomic E-state index is 14.4. The lowest BCUT2D eigenvalue weighted by molar-refractivity contribution is -0.119. The number of hydrogen-bond acceptors (Lipinski definition) is 5. The fourth-order valence-electron chi connectivity index (χ4n) is 4.23. The fraction of sp³-hybridized carbons (Fsp3) is 0.286. The normalized spacial score (nSPS) is 11.1. The molecule has 0 aliphatic heterocycles. The summed E-state index contributed by atoms with van der Waals surface area (Å²) in [4.78, 5) is 23.4. The molecular weight excluding hydrogens is 513 g/mol. The Morgan fingerprint density at radius 3 is 2.06 bits per heavy atom. The standard InChI is InChI=1S/C28H30ClN3O2S.ClH/c1-4-31(5-2)18-19-32(28-30-25-23(34-3)17-16-22(29)26(25)35-28)27(33)24(20-12-8-6-9-13-20)21-14-10-7-11-15-21;/h6-17,24H,4-5,18-19H2,1-3H3;1H. The van der Waals surface area contributed by atoms with Crippen molar-refractivity contribution in [2.75, 3.05) is 38.2 Å². The number of carbonyl (C=O) groups excluding carboxylic acids is 1. The van der Waals surface area contributed by atoms with Crippen LogP contribution >= 0.6 is 35.3 Å². The van der Waals surface area contributed by atoms with E-state index >= 15 is 0 Å². The Hall–Kier alpha value is -2.64. The van der Waals surface area contributed by atoms with Crippen LogP contribution < -0.4 is 9.64 Å². The molecule has 0 N–H and O–H groups in total. The molecule has 0 atom stereocenters. The molecule has 4 aromatic rings. The van der Waals surface area contributed by atoms with E-state index in [-0.39, 0.29) is 18.3 Å². The minimum absolute atomic E-state index is 0. The highest BCUT2D eigenvalue weighted by Gasteiger charge is 2.31. The average Bonchev–Trinajstić information content (AvgIpc) is 3.34. The number of amides is 1. The summed E-state index contributed by atoms with van der Waals surface area (Å²) in [5, 5.41) is 1.23. The van der Waals surface area contributed by atoms with Crippen molar-refractivity contribution in [1.82, 2.24) is 9.88 Å². The van der Waals surface area contributed by atoms with Gasteiger partial charge in [0.1, 0.15) is 11.3 Å². The smallest absolute Gasteiger partial charge is 0.240 e. The van der Waals surface area contributed by atoms with Gasteiger partial charge in [-0.2, -0.15) is 0 Å². The number of methoxy groups -OCH3 is 1. The van der Waals surface area contributed by atoms with Crippen LogP contribution in [0.4, 0.5) is 5.13 Å². The predicted octanol–water partition coefficient (Wildman–Crippen LogP) is 6.89. The second kappa shape index (κ2) is 13.1. The molecule has 0 bridgehead atoms. The summed E-state index contributed by atoms with van der Waals surface area (Å²) in [5.41, 5.74) is 2.58. The van der Waals surface area contributed by atoms with E-state index in [9.17, 15) is 4.79 Å². The third-order valence-corrected chi connectivity index (χ3v) is 7.75. The molecule has 190 valence electrons. The minimum atomic E-state index is -0.446. The summed E-state index contributed by atoms with van der Waals surface area (Å²) in [6.45, 7) is 7.37. The van der Waals surface area contributed by atoms with Crippen LogP contribution in [-0.2, 0) is 4.79 Å². The Morgan fingerprint density at radius 2 is 1.53 bits per heavy atom. The first-order valence-electron chi connectivity index (χ1n) is 11.8. The number of nitrogens with zero attached hydrogens (tertiary/aromatic N) is 3. The van der Waals surface area contributed by atoms with Gasteiger partial charge in [-0.25, -0.2) is 4.98 Å². The van der Waals surface area contributed by atoms with Crippen LogP contribution in [0.15, 0.2) is 72.8 Å². The second-order valence-corrected chi connectivity index (χ2v) is 9.58. The van der Waals surface area contributed by atoms with E-state index in [2.05, 4.69) is 18.7 Å². The topological polar surface area (TPSA) is 45.7 Å². The molecule has 0 aliphatic rings. The molecule has 0 radical (unpaired) electrons. The highest BCUT2D eigenvalue weighted by atomic mass is 35.5. The van der Waals surface area contributed by atoms with Crippen molar-refractivity contribution >= 4 is 56.6 Å². The molecule has 5 nitrogen and oxygen atoms in total. The number of rotatable bonds is 10. The van der Waals surface area contributed by atoms with E-state index in [4.69, 9.17) is 21.3 Å². The molecule has 0 fully saturated rings.